The fourth-order valence-electron chi connectivity index (χ4n) is 2.36. The molecule has 2 rings (SSSR count). The third kappa shape index (κ3) is 1.22. The van der Waals surface area contributed by atoms with Gasteiger partial charge in [-0.25, -0.2) is 8.78 Å². The summed E-state index contributed by atoms with van der Waals surface area (Å²) in [5.74, 6) is -3.26. The molecule has 0 radical (unpaired) electrons. The van der Waals surface area contributed by atoms with E-state index in [9.17, 15) is 13.6 Å². The third-order valence-electron chi connectivity index (χ3n) is 2.91. The summed E-state index contributed by atoms with van der Waals surface area (Å²) in [6, 6.07) is 0. The Morgan fingerprint density at radius 3 is 2.46 bits per heavy atom. The van der Waals surface area contributed by atoms with Crippen molar-refractivity contribution in [1.82, 2.24) is 0 Å². The van der Waals surface area contributed by atoms with Crippen LogP contribution in [0.4, 0.5) is 8.78 Å². The van der Waals surface area contributed by atoms with Gasteiger partial charge in [0.1, 0.15) is 0 Å². The largest absolute Gasteiger partial charge is 0.481 e. The molecule has 4 unspecified atom stereocenters. The first kappa shape index (κ1) is 8.87. The number of halogens is 2. The fourth-order valence-corrected chi connectivity index (χ4v) is 2.36. The molecule has 2 bridgehead atoms. The van der Waals surface area contributed by atoms with E-state index in [-0.39, 0.29) is 0 Å². The lowest BCUT2D eigenvalue weighted by molar-refractivity contribution is -0.147. The van der Waals surface area contributed by atoms with Gasteiger partial charge in [0.25, 0.3) is 0 Å². The molecule has 2 aliphatic heterocycles. The van der Waals surface area contributed by atoms with Crippen molar-refractivity contribution in [2.45, 2.75) is 31.5 Å². The van der Waals surface area contributed by atoms with E-state index in [1.54, 1.807) is 0 Å². The zero-order chi connectivity index (χ0) is 9.59. The van der Waals surface area contributed by atoms with Gasteiger partial charge in [0.05, 0.1) is 24.0 Å². The minimum Gasteiger partial charge on any atom is -0.481 e. The minimum atomic E-state index is -2.59. The molecule has 2 fully saturated rings. The molecule has 0 spiro atoms. The number of ether oxygens (including phenoxy) is 1. The van der Waals surface area contributed by atoms with Gasteiger partial charge in [-0.15, -0.1) is 0 Å². The topological polar surface area (TPSA) is 46.5 Å². The number of alkyl halides is 2. The molecule has 5 heteroatoms. The van der Waals surface area contributed by atoms with E-state index >= 15 is 0 Å². The van der Waals surface area contributed by atoms with Crippen LogP contribution in [0.2, 0.25) is 0 Å². The number of carboxylic acids is 1. The first-order valence-electron chi connectivity index (χ1n) is 4.27. The molecule has 1 N–H and O–H groups in total. The minimum absolute atomic E-state index is 0.485. The van der Waals surface area contributed by atoms with Crippen LogP contribution < -0.4 is 0 Å². The molecule has 0 aliphatic carbocycles. The summed E-state index contributed by atoms with van der Waals surface area (Å²) in [4.78, 5) is 10.7. The lowest BCUT2D eigenvalue weighted by atomic mass is 9.79. The van der Waals surface area contributed by atoms with E-state index in [0.717, 1.165) is 0 Å². The van der Waals surface area contributed by atoms with Gasteiger partial charge in [0.2, 0.25) is 6.43 Å². The molecular weight excluding hydrogens is 182 g/mol. The molecule has 0 aromatic carbocycles. The highest BCUT2D eigenvalue weighted by molar-refractivity contribution is 5.72. The Bertz CT molecular complexity index is 231. The summed E-state index contributed by atoms with van der Waals surface area (Å²) in [5, 5.41) is 8.74. The van der Waals surface area contributed by atoms with Crippen molar-refractivity contribution in [3.8, 4) is 0 Å². The van der Waals surface area contributed by atoms with Crippen LogP contribution in [0.15, 0.2) is 0 Å². The van der Waals surface area contributed by atoms with Crippen molar-refractivity contribution >= 4 is 5.97 Å². The van der Waals surface area contributed by atoms with Crippen LogP contribution in [0, 0.1) is 11.8 Å². The molecule has 0 aromatic heterocycles. The Kier molecular flexibility index (Phi) is 1.98. The molecule has 2 heterocycles. The summed E-state index contributed by atoms with van der Waals surface area (Å²) >= 11 is 0. The van der Waals surface area contributed by atoms with Gasteiger partial charge >= 0.3 is 5.97 Å². The number of fused-ring (bicyclic) bond motifs is 2. The van der Waals surface area contributed by atoms with Crippen molar-refractivity contribution in [3.05, 3.63) is 0 Å². The Morgan fingerprint density at radius 1 is 1.38 bits per heavy atom. The summed E-state index contributed by atoms with van der Waals surface area (Å²) < 4.78 is 30.1. The second kappa shape index (κ2) is 2.90. The van der Waals surface area contributed by atoms with Gasteiger partial charge in [-0.2, -0.15) is 0 Å². The number of rotatable bonds is 2. The van der Waals surface area contributed by atoms with E-state index in [4.69, 9.17) is 9.84 Å². The van der Waals surface area contributed by atoms with Crippen LogP contribution in [-0.2, 0) is 9.53 Å². The summed E-state index contributed by atoms with van der Waals surface area (Å²) in [7, 11) is 0. The Balaban J connectivity index is 2.20. The van der Waals surface area contributed by atoms with Crippen LogP contribution in [0.25, 0.3) is 0 Å². The predicted molar refractivity (Wildman–Crippen MR) is 38.5 cm³/mol. The average molecular weight is 192 g/mol. The number of hydrogen-bond donors (Lipinski definition) is 1. The highest BCUT2D eigenvalue weighted by Crippen LogP contribution is 2.46. The summed E-state index contributed by atoms with van der Waals surface area (Å²) in [5.41, 5.74) is 0. The molecule has 74 valence electrons. The molecule has 0 saturated carbocycles. The van der Waals surface area contributed by atoms with Crippen LogP contribution >= 0.6 is 0 Å². The maximum Gasteiger partial charge on any atom is 0.309 e. The van der Waals surface area contributed by atoms with E-state index in [1.807, 2.05) is 0 Å². The van der Waals surface area contributed by atoms with Gasteiger partial charge in [-0.1, -0.05) is 0 Å². The monoisotopic (exact) mass is 192 g/mol. The van der Waals surface area contributed by atoms with E-state index in [1.165, 1.54) is 0 Å². The molecule has 0 aromatic rings. The van der Waals surface area contributed by atoms with Gasteiger partial charge in [0, 0.05) is 0 Å². The van der Waals surface area contributed by atoms with Gasteiger partial charge in [-0.3, -0.25) is 4.79 Å². The number of aliphatic carboxylic acids is 1. The molecule has 2 saturated heterocycles. The number of carboxylic acid groups (broad SMARTS) is 1. The van der Waals surface area contributed by atoms with Gasteiger partial charge < -0.3 is 9.84 Å². The first-order valence-corrected chi connectivity index (χ1v) is 4.27. The molecular formula is C8H10F2O3. The molecule has 4 atom stereocenters. The lowest BCUT2D eigenvalue weighted by Gasteiger charge is -2.23. The van der Waals surface area contributed by atoms with Crippen molar-refractivity contribution in [2.75, 3.05) is 0 Å². The molecule has 0 amide bonds. The molecule has 2 aliphatic rings. The number of carbonyl (C=O) groups is 1. The molecule has 13 heavy (non-hydrogen) atoms. The van der Waals surface area contributed by atoms with Crippen molar-refractivity contribution in [2.24, 2.45) is 11.8 Å². The standard InChI is InChI=1S/C8H10F2O3/c9-7(10)5-3-1-2-4(13-3)6(5)8(11)12/h3-7H,1-2H2,(H,11,12). The third-order valence-corrected chi connectivity index (χ3v) is 2.91. The second-order valence-electron chi connectivity index (χ2n) is 3.57. The summed E-state index contributed by atoms with van der Waals surface area (Å²) in [6.07, 6.45) is -2.43. The highest BCUT2D eigenvalue weighted by atomic mass is 19.3. The smallest absolute Gasteiger partial charge is 0.309 e. The van der Waals surface area contributed by atoms with Crippen molar-refractivity contribution < 1.29 is 23.4 Å². The SMILES string of the molecule is O=C(O)C1C2CCC(O2)C1C(F)F. The average Bonchev–Trinajstić information content (AvgIpc) is 2.60. The van der Waals surface area contributed by atoms with Crippen molar-refractivity contribution in [1.29, 1.82) is 0 Å². The second-order valence-corrected chi connectivity index (χ2v) is 3.57. The normalized spacial score (nSPS) is 43.0. The summed E-state index contributed by atoms with van der Waals surface area (Å²) in [6.45, 7) is 0. The maximum absolute atomic E-state index is 12.5. The Hall–Kier alpha value is -0.710. The zero-order valence-electron chi connectivity index (χ0n) is 6.82. The van der Waals surface area contributed by atoms with Crippen LogP contribution in [0.1, 0.15) is 12.8 Å². The van der Waals surface area contributed by atoms with Crippen LogP contribution in [0.3, 0.4) is 0 Å². The highest BCUT2D eigenvalue weighted by Gasteiger charge is 2.55. The van der Waals surface area contributed by atoms with E-state index in [0.29, 0.717) is 12.8 Å². The Morgan fingerprint density at radius 2 is 2.00 bits per heavy atom. The lowest BCUT2D eigenvalue weighted by Crippen LogP contribution is -2.37. The van der Waals surface area contributed by atoms with Gasteiger partial charge in [0.15, 0.2) is 0 Å². The van der Waals surface area contributed by atoms with E-state index in [2.05, 4.69) is 0 Å². The van der Waals surface area contributed by atoms with Crippen LogP contribution in [-0.4, -0.2) is 29.7 Å². The van der Waals surface area contributed by atoms with Gasteiger partial charge in [-0.05, 0) is 12.8 Å². The Labute approximate surface area is 73.7 Å². The van der Waals surface area contributed by atoms with E-state index < -0.39 is 36.4 Å². The fraction of sp³-hybridized carbons (Fsp3) is 0.875. The van der Waals surface area contributed by atoms with Crippen LogP contribution in [0.5, 0.6) is 0 Å². The number of hydrogen-bond acceptors (Lipinski definition) is 2. The first-order chi connectivity index (χ1) is 6.11. The quantitative estimate of drug-likeness (QED) is 0.713. The zero-order valence-corrected chi connectivity index (χ0v) is 6.82. The van der Waals surface area contributed by atoms with Crippen molar-refractivity contribution in [3.63, 3.8) is 0 Å². The predicted octanol–water partition coefficient (Wildman–Crippen LogP) is 1.13. The molecule has 3 nitrogen and oxygen atoms in total. The maximum atomic E-state index is 12.5.